The molecule has 1 aromatic rings. The van der Waals surface area contributed by atoms with Crippen LogP contribution in [0.1, 0.15) is 39.5 Å². The van der Waals surface area contributed by atoms with Crippen LogP contribution in [0.4, 0.5) is 0 Å². The Morgan fingerprint density at radius 3 is 2.35 bits per heavy atom. The topological polar surface area (TPSA) is 37.3 Å². The Hall–Kier alpha value is -0.590. The lowest BCUT2D eigenvalue weighted by Gasteiger charge is -2.11. The second kappa shape index (κ2) is 6.98. The third kappa shape index (κ3) is 5.52. The number of rotatable bonds is 7. The minimum Gasteiger partial charge on any atom is -0.341 e. The molecule has 1 unspecified atom stereocenters. The van der Waals surface area contributed by atoms with Crippen molar-refractivity contribution in [2.45, 2.75) is 39.5 Å². The average molecular weight is 254 g/mol. The molecular formula is C14H23O2P. The van der Waals surface area contributed by atoms with E-state index in [0.717, 1.165) is 25.2 Å². The molecule has 0 heterocycles. The van der Waals surface area contributed by atoms with Crippen molar-refractivity contribution in [1.29, 1.82) is 0 Å². The van der Waals surface area contributed by atoms with E-state index < -0.39 is 7.37 Å². The van der Waals surface area contributed by atoms with Gasteiger partial charge < -0.3 is 4.89 Å². The summed E-state index contributed by atoms with van der Waals surface area (Å²) in [6.45, 7) is 4.42. The van der Waals surface area contributed by atoms with Gasteiger partial charge in [0, 0.05) is 11.5 Å². The standard InChI is InChI=1S/C14H23O2P/c1-13(2)9-5-4-8-12-17(15,16)14-10-6-3-7-11-14/h3,6-7,10-11,13H,4-5,8-9,12H2,1-2H3,(H,15,16). The van der Waals surface area contributed by atoms with Gasteiger partial charge in [-0.05, 0) is 24.5 Å². The minimum absolute atomic E-state index is 0.412. The normalized spacial score (nSPS) is 14.8. The fourth-order valence-corrected chi connectivity index (χ4v) is 3.39. The fourth-order valence-electron chi connectivity index (χ4n) is 1.85. The molecule has 0 amide bonds. The lowest BCUT2D eigenvalue weighted by Crippen LogP contribution is -2.06. The van der Waals surface area contributed by atoms with Crippen LogP contribution in [0.3, 0.4) is 0 Å². The van der Waals surface area contributed by atoms with Crippen molar-refractivity contribution in [3.8, 4) is 0 Å². The third-order valence-electron chi connectivity index (χ3n) is 2.90. The van der Waals surface area contributed by atoms with Gasteiger partial charge in [-0.3, -0.25) is 4.57 Å². The SMILES string of the molecule is CC(C)CCCCCP(=O)(O)c1ccccc1. The Morgan fingerprint density at radius 2 is 1.76 bits per heavy atom. The summed E-state index contributed by atoms with van der Waals surface area (Å²) in [5, 5.41) is 0.587. The zero-order valence-corrected chi connectivity index (χ0v) is 11.7. The second-order valence-corrected chi connectivity index (χ2v) is 7.37. The zero-order chi connectivity index (χ0) is 12.7. The van der Waals surface area contributed by atoms with E-state index in [0.29, 0.717) is 11.5 Å². The molecule has 0 aliphatic heterocycles. The highest BCUT2D eigenvalue weighted by atomic mass is 31.2. The van der Waals surface area contributed by atoms with Crippen LogP contribution < -0.4 is 5.30 Å². The van der Waals surface area contributed by atoms with E-state index in [1.807, 2.05) is 18.2 Å². The molecule has 2 nitrogen and oxygen atoms in total. The molecule has 0 radical (unpaired) electrons. The van der Waals surface area contributed by atoms with Gasteiger partial charge in [0.2, 0.25) is 7.37 Å². The lowest BCUT2D eigenvalue weighted by atomic mass is 10.1. The molecular weight excluding hydrogens is 231 g/mol. The molecule has 1 rings (SSSR count). The molecule has 0 aliphatic carbocycles. The van der Waals surface area contributed by atoms with Crippen LogP contribution >= 0.6 is 7.37 Å². The van der Waals surface area contributed by atoms with E-state index in [4.69, 9.17) is 0 Å². The van der Waals surface area contributed by atoms with Gasteiger partial charge in [0.25, 0.3) is 0 Å². The highest BCUT2D eigenvalue weighted by Crippen LogP contribution is 2.40. The summed E-state index contributed by atoms with van der Waals surface area (Å²) >= 11 is 0. The van der Waals surface area contributed by atoms with Crippen LogP contribution in [0, 0.1) is 5.92 Å². The molecule has 0 saturated carbocycles. The maximum atomic E-state index is 12.1. The Labute approximate surface area is 105 Å². The molecule has 0 fully saturated rings. The molecule has 0 aromatic heterocycles. The summed E-state index contributed by atoms with van der Waals surface area (Å²) in [5.41, 5.74) is 0. The van der Waals surface area contributed by atoms with Crippen LogP contribution in [0.2, 0.25) is 0 Å². The minimum atomic E-state index is -3.11. The summed E-state index contributed by atoms with van der Waals surface area (Å²) in [5.74, 6) is 0.727. The first-order valence-electron chi connectivity index (χ1n) is 6.40. The number of hydrogen-bond acceptors (Lipinski definition) is 1. The summed E-state index contributed by atoms with van der Waals surface area (Å²) in [4.78, 5) is 9.95. The molecule has 3 heteroatoms. The van der Waals surface area contributed by atoms with E-state index in [9.17, 15) is 9.46 Å². The van der Waals surface area contributed by atoms with Crippen molar-refractivity contribution in [2.75, 3.05) is 6.16 Å². The van der Waals surface area contributed by atoms with Crippen molar-refractivity contribution in [1.82, 2.24) is 0 Å². The van der Waals surface area contributed by atoms with Gasteiger partial charge in [0.1, 0.15) is 0 Å². The van der Waals surface area contributed by atoms with Gasteiger partial charge in [-0.2, -0.15) is 0 Å². The van der Waals surface area contributed by atoms with Crippen molar-refractivity contribution >= 4 is 12.7 Å². The summed E-state index contributed by atoms with van der Waals surface area (Å²) in [6, 6.07) is 8.99. The quantitative estimate of drug-likeness (QED) is 0.593. The van der Waals surface area contributed by atoms with Gasteiger partial charge in [0.05, 0.1) is 0 Å². The molecule has 1 atom stereocenters. The molecule has 1 N–H and O–H groups in total. The molecule has 0 bridgehead atoms. The smallest absolute Gasteiger partial charge is 0.229 e. The van der Waals surface area contributed by atoms with E-state index in [2.05, 4.69) is 13.8 Å². The number of benzene rings is 1. The van der Waals surface area contributed by atoms with Crippen molar-refractivity contribution in [3.63, 3.8) is 0 Å². The van der Waals surface area contributed by atoms with Gasteiger partial charge in [-0.25, -0.2) is 0 Å². The second-order valence-electron chi connectivity index (χ2n) is 5.00. The van der Waals surface area contributed by atoms with Gasteiger partial charge in [-0.1, -0.05) is 51.3 Å². The first-order chi connectivity index (χ1) is 8.02. The molecule has 1 aromatic carbocycles. The van der Waals surface area contributed by atoms with Crippen LogP contribution in [0.15, 0.2) is 30.3 Å². The Balaban J connectivity index is 2.33. The predicted octanol–water partition coefficient (Wildman–Crippen LogP) is 3.80. The van der Waals surface area contributed by atoms with E-state index >= 15 is 0 Å². The van der Waals surface area contributed by atoms with Crippen molar-refractivity contribution < 1.29 is 9.46 Å². The average Bonchev–Trinajstić information content (AvgIpc) is 2.29. The lowest BCUT2D eigenvalue weighted by molar-refractivity contribution is 0.483. The molecule has 0 aliphatic rings. The van der Waals surface area contributed by atoms with E-state index in [1.54, 1.807) is 12.1 Å². The van der Waals surface area contributed by atoms with Crippen LogP contribution in [-0.2, 0) is 4.57 Å². The monoisotopic (exact) mass is 254 g/mol. The van der Waals surface area contributed by atoms with Crippen molar-refractivity contribution in [3.05, 3.63) is 30.3 Å². The molecule has 0 saturated heterocycles. The molecule has 0 spiro atoms. The molecule has 96 valence electrons. The summed E-state index contributed by atoms with van der Waals surface area (Å²) in [6.07, 6.45) is 4.67. The maximum Gasteiger partial charge on any atom is 0.229 e. The largest absolute Gasteiger partial charge is 0.341 e. The van der Waals surface area contributed by atoms with E-state index in [1.165, 1.54) is 6.42 Å². The number of unbranched alkanes of at least 4 members (excludes halogenated alkanes) is 2. The maximum absolute atomic E-state index is 12.1. The van der Waals surface area contributed by atoms with Crippen LogP contribution in [-0.4, -0.2) is 11.1 Å². The van der Waals surface area contributed by atoms with Crippen LogP contribution in [0.5, 0.6) is 0 Å². The summed E-state index contributed by atoms with van der Waals surface area (Å²) < 4.78 is 12.1. The predicted molar refractivity (Wildman–Crippen MR) is 74.1 cm³/mol. The van der Waals surface area contributed by atoms with E-state index in [-0.39, 0.29) is 0 Å². The highest BCUT2D eigenvalue weighted by molar-refractivity contribution is 7.66. The third-order valence-corrected chi connectivity index (χ3v) is 4.93. The first kappa shape index (κ1) is 14.5. The first-order valence-corrected chi connectivity index (χ1v) is 8.24. The zero-order valence-electron chi connectivity index (χ0n) is 10.8. The van der Waals surface area contributed by atoms with Gasteiger partial charge in [0.15, 0.2) is 0 Å². The highest BCUT2D eigenvalue weighted by Gasteiger charge is 2.19. The Morgan fingerprint density at radius 1 is 1.12 bits per heavy atom. The number of hydrogen-bond donors (Lipinski definition) is 1. The van der Waals surface area contributed by atoms with Crippen molar-refractivity contribution in [2.24, 2.45) is 5.92 Å². The molecule has 17 heavy (non-hydrogen) atoms. The Bertz CT molecular complexity index is 360. The van der Waals surface area contributed by atoms with Gasteiger partial charge in [-0.15, -0.1) is 0 Å². The van der Waals surface area contributed by atoms with Gasteiger partial charge >= 0.3 is 0 Å². The fraction of sp³-hybridized carbons (Fsp3) is 0.571. The Kier molecular flexibility index (Phi) is 5.94. The van der Waals surface area contributed by atoms with Crippen LogP contribution in [0.25, 0.3) is 0 Å². The summed E-state index contributed by atoms with van der Waals surface area (Å²) in [7, 11) is -3.11.